The Bertz CT molecular complexity index is 549. The molecule has 0 amide bonds. The molecule has 1 atom stereocenters. The van der Waals surface area contributed by atoms with E-state index in [4.69, 9.17) is 4.74 Å². The van der Waals surface area contributed by atoms with E-state index >= 15 is 0 Å². The molecule has 1 aromatic carbocycles. The molecule has 17 heavy (non-hydrogen) atoms. The van der Waals surface area contributed by atoms with E-state index in [2.05, 4.69) is 5.10 Å². The second-order valence-corrected chi connectivity index (χ2v) is 4.58. The molecule has 0 saturated carbocycles. The molecule has 1 fully saturated rings. The summed E-state index contributed by atoms with van der Waals surface area (Å²) in [6.07, 6.45) is 2.99. The molecule has 0 radical (unpaired) electrons. The van der Waals surface area contributed by atoms with E-state index in [0.717, 1.165) is 36.8 Å². The lowest BCUT2D eigenvalue weighted by Crippen LogP contribution is -2.19. The maximum atomic E-state index is 13.8. The molecular weight excluding hydrogens is 218 g/mol. The molecule has 88 valence electrons. The maximum Gasteiger partial charge on any atom is 0.240 e. The van der Waals surface area contributed by atoms with Crippen molar-refractivity contribution in [2.75, 3.05) is 6.61 Å². The van der Waals surface area contributed by atoms with Crippen LogP contribution in [-0.2, 0) is 4.74 Å². The van der Waals surface area contributed by atoms with Crippen molar-refractivity contribution >= 4 is 24.2 Å². The molecule has 5 heteroatoms. The number of rotatable bonds is 1. The lowest BCUT2D eigenvalue weighted by atomic mass is 9.95. The maximum absolute atomic E-state index is 13.8. The zero-order valence-electron chi connectivity index (χ0n) is 9.82. The van der Waals surface area contributed by atoms with E-state index in [1.807, 2.05) is 26.0 Å². The molecule has 1 unspecified atom stereocenters. The van der Waals surface area contributed by atoms with Crippen LogP contribution >= 0.6 is 0 Å². The summed E-state index contributed by atoms with van der Waals surface area (Å²) in [6.45, 7) is 0.736. The Balaban J connectivity index is 2.10. The number of hydrogen-bond acceptors (Lipinski definition) is 2. The molecule has 0 N–H and O–H groups in total. The fourth-order valence-electron chi connectivity index (χ4n) is 2.35. The average Bonchev–Trinajstić information content (AvgIpc) is 2.68. The van der Waals surface area contributed by atoms with Gasteiger partial charge in [-0.1, -0.05) is 17.6 Å². The molecule has 0 bridgehead atoms. The lowest BCUT2D eigenvalue weighted by Gasteiger charge is -2.23. The summed E-state index contributed by atoms with van der Waals surface area (Å²) in [4.78, 5) is 0. The third-order valence-corrected chi connectivity index (χ3v) is 3.25. The number of nitrogens with zero attached hydrogens (tertiary/aromatic N) is 2. The first-order chi connectivity index (χ1) is 8.25. The fraction of sp³-hybridized carbons (Fsp3) is 0.417. The molecule has 3 rings (SSSR count). The molecular formula is C12H14BFN2O. The first kappa shape index (κ1) is 10.8. The normalized spacial score (nSPS) is 20.9. The van der Waals surface area contributed by atoms with Crippen LogP contribution in [0, 0.1) is 5.95 Å². The first-order valence-electron chi connectivity index (χ1n) is 6.02. The Morgan fingerprint density at radius 2 is 2.29 bits per heavy atom. The smallest absolute Gasteiger partial charge is 0.240 e. The first-order valence-corrected chi connectivity index (χ1v) is 6.02. The molecule has 1 aromatic heterocycles. The van der Waals surface area contributed by atoms with Crippen LogP contribution in [0.25, 0.3) is 10.9 Å². The fourth-order valence-corrected chi connectivity index (χ4v) is 2.35. The van der Waals surface area contributed by atoms with Gasteiger partial charge in [-0.25, -0.2) is 4.68 Å². The molecule has 1 saturated heterocycles. The SMILES string of the molecule is Bc1ccc2c(c1)c(F)nn2C1CCCCO1. The highest BCUT2D eigenvalue weighted by Gasteiger charge is 2.20. The highest BCUT2D eigenvalue weighted by atomic mass is 19.1. The monoisotopic (exact) mass is 232 g/mol. The van der Waals surface area contributed by atoms with Gasteiger partial charge in [0.05, 0.1) is 10.9 Å². The van der Waals surface area contributed by atoms with Crippen molar-refractivity contribution in [2.45, 2.75) is 25.5 Å². The van der Waals surface area contributed by atoms with Crippen LogP contribution in [0.15, 0.2) is 18.2 Å². The average molecular weight is 232 g/mol. The van der Waals surface area contributed by atoms with Gasteiger partial charge in [0, 0.05) is 6.61 Å². The number of fused-ring (bicyclic) bond motifs is 1. The highest BCUT2D eigenvalue weighted by Crippen LogP contribution is 2.26. The Morgan fingerprint density at radius 1 is 1.41 bits per heavy atom. The summed E-state index contributed by atoms with van der Waals surface area (Å²) in [6, 6.07) is 5.72. The third-order valence-electron chi connectivity index (χ3n) is 3.25. The van der Waals surface area contributed by atoms with Crippen molar-refractivity contribution in [1.82, 2.24) is 9.78 Å². The van der Waals surface area contributed by atoms with Crippen LogP contribution in [-0.4, -0.2) is 24.2 Å². The largest absolute Gasteiger partial charge is 0.356 e. The standard InChI is InChI=1S/C12H14BFN2O/c13-8-4-5-10-9(7-8)12(14)15-16(10)11-3-1-2-6-17-11/h4-5,7,11H,1-3,6,13H2. The Hall–Kier alpha value is -1.36. The van der Waals surface area contributed by atoms with Gasteiger partial charge < -0.3 is 4.74 Å². The molecule has 3 nitrogen and oxygen atoms in total. The molecule has 0 aliphatic carbocycles. The van der Waals surface area contributed by atoms with Crippen molar-refractivity contribution in [2.24, 2.45) is 0 Å². The van der Waals surface area contributed by atoms with E-state index in [-0.39, 0.29) is 6.23 Å². The van der Waals surface area contributed by atoms with Crippen molar-refractivity contribution < 1.29 is 9.13 Å². The van der Waals surface area contributed by atoms with Crippen molar-refractivity contribution in [3.63, 3.8) is 0 Å². The van der Waals surface area contributed by atoms with Crippen LogP contribution in [0.3, 0.4) is 0 Å². The summed E-state index contributed by atoms with van der Waals surface area (Å²) in [5, 5.41) is 4.56. The van der Waals surface area contributed by atoms with E-state index in [0.29, 0.717) is 5.39 Å². The molecule has 2 heterocycles. The minimum Gasteiger partial charge on any atom is -0.356 e. The molecule has 2 aromatic rings. The van der Waals surface area contributed by atoms with Crippen molar-refractivity contribution in [3.8, 4) is 0 Å². The predicted octanol–water partition coefficient (Wildman–Crippen LogP) is 1.13. The number of ether oxygens (including phenoxy) is 1. The Labute approximate surface area is 100.0 Å². The Morgan fingerprint density at radius 3 is 3.06 bits per heavy atom. The number of halogens is 1. The minimum absolute atomic E-state index is 0.113. The van der Waals surface area contributed by atoms with Crippen LogP contribution in [0.5, 0.6) is 0 Å². The van der Waals surface area contributed by atoms with Gasteiger partial charge in [0.2, 0.25) is 5.95 Å². The second-order valence-electron chi connectivity index (χ2n) is 4.58. The van der Waals surface area contributed by atoms with Gasteiger partial charge in [0.25, 0.3) is 0 Å². The van der Waals surface area contributed by atoms with Crippen LogP contribution < -0.4 is 5.46 Å². The summed E-state index contributed by atoms with van der Waals surface area (Å²) < 4.78 is 21.1. The topological polar surface area (TPSA) is 27.1 Å². The van der Waals surface area contributed by atoms with Crippen LogP contribution in [0.2, 0.25) is 0 Å². The summed E-state index contributed by atoms with van der Waals surface area (Å²) in [5.74, 6) is -0.405. The van der Waals surface area contributed by atoms with Gasteiger partial charge in [-0.05, 0) is 25.3 Å². The molecule has 1 aliphatic rings. The van der Waals surface area contributed by atoms with E-state index < -0.39 is 5.95 Å². The zero-order chi connectivity index (χ0) is 11.8. The number of benzene rings is 1. The van der Waals surface area contributed by atoms with Crippen LogP contribution in [0.4, 0.5) is 4.39 Å². The van der Waals surface area contributed by atoms with Gasteiger partial charge in [-0.3, -0.25) is 0 Å². The Kier molecular flexibility index (Phi) is 2.63. The third kappa shape index (κ3) is 1.84. The number of hydrogen-bond donors (Lipinski definition) is 0. The zero-order valence-corrected chi connectivity index (χ0v) is 9.82. The van der Waals surface area contributed by atoms with E-state index in [1.165, 1.54) is 0 Å². The van der Waals surface area contributed by atoms with Crippen molar-refractivity contribution in [1.29, 1.82) is 0 Å². The lowest BCUT2D eigenvalue weighted by molar-refractivity contribution is -0.0375. The van der Waals surface area contributed by atoms with Gasteiger partial charge >= 0.3 is 0 Å². The molecule has 1 aliphatic heterocycles. The summed E-state index contributed by atoms with van der Waals surface area (Å²) in [7, 11) is 1.95. The summed E-state index contributed by atoms with van der Waals surface area (Å²) in [5.41, 5.74) is 1.86. The second kappa shape index (κ2) is 4.15. The number of aromatic nitrogens is 2. The van der Waals surface area contributed by atoms with Gasteiger partial charge in [-0.15, -0.1) is 5.10 Å². The quantitative estimate of drug-likeness (QED) is 0.689. The van der Waals surface area contributed by atoms with E-state index in [9.17, 15) is 4.39 Å². The van der Waals surface area contributed by atoms with Crippen molar-refractivity contribution in [3.05, 3.63) is 24.1 Å². The summed E-state index contributed by atoms with van der Waals surface area (Å²) >= 11 is 0. The highest BCUT2D eigenvalue weighted by molar-refractivity contribution is 6.33. The minimum atomic E-state index is -0.405. The predicted molar refractivity (Wildman–Crippen MR) is 66.7 cm³/mol. The molecule has 0 spiro atoms. The van der Waals surface area contributed by atoms with Gasteiger partial charge in [-0.2, -0.15) is 4.39 Å². The van der Waals surface area contributed by atoms with Crippen LogP contribution in [0.1, 0.15) is 25.5 Å². The van der Waals surface area contributed by atoms with E-state index in [1.54, 1.807) is 4.68 Å². The van der Waals surface area contributed by atoms with Gasteiger partial charge in [0.15, 0.2) is 6.23 Å². The van der Waals surface area contributed by atoms with Gasteiger partial charge in [0.1, 0.15) is 7.85 Å².